The number of carbonyl (C=O) groups excluding carboxylic acids is 1. The number of morpholine rings is 1. The number of hydrogen-bond acceptors (Lipinski definition) is 4. The van der Waals surface area contributed by atoms with Gasteiger partial charge in [0.2, 0.25) is 5.91 Å². The summed E-state index contributed by atoms with van der Waals surface area (Å²) in [6, 6.07) is 0. The Morgan fingerprint density at radius 3 is 2.95 bits per heavy atom. The van der Waals surface area contributed by atoms with Crippen LogP contribution in [-0.2, 0) is 14.3 Å². The summed E-state index contributed by atoms with van der Waals surface area (Å²) in [4.78, 5) is 15.3. The van der Waals surface area contributed by atoms with E-state index in [0.717, 1.165) is 52.0 Å². The van der Waals surface area contributed by atoms with Crippen LogP contribution in [0.4, 0.5) is 0 Å². The molecule has 0 radical (unpaired) electrons. The predicted molar refractivity (Wildman–Crippen MR) is 78.0 cm³/mol. The highest BCUT2D eigenvalue weighted by molar-refractivity contribution is 5.84. The van der Waals surface area contributed by atoms with Gasteiger partial charge in [-0.05, 0) is 31.7 Å². The van der Waals surface area contributed by atoms with Gasteiger partial charge in [-0.2, -0.15) is 0 Å². The maximum absolute atomic E-state index is 13.2. The van der Waals surface area contributed by atoms with Crippen molar-refractivity contribution in [2.24, 2.45) is 11.3 Å². The fourth-order valence-electron chi connectivity index (χ4n) is 4.80. The number of nitrogens with one attached hydrogen (secondary N) is 1. The molecule has 4 fully saturated rings. The molecule has 4 rings (SSSR count). The molecule has 2 atom stereocenters. The first-order valence-electron chi connectivity index (χ1n) is 8.46. The minimum Gasteiger partial charge on any atom is -0.380 e. The summed E-state index contributed by atoms with van der Waals surface area (Å²) < 4.78 is 11.8. The van der Waals surface area contributed by atoms with Gasteiger partial charge < -0.3 is 19.7 Å². The topological polar surface area (TPSA) is 50.8 Å². The molecule has 118 valence electrons. The molecule has 1 N–H and O–H groups in total. The summed E-state index contributed by atoms with van der Waals surface area (Å²) >= 11 is 0. The molecule has 4 aliphatic rings. The Morgan fingerprint density at radius 2 is 2.10 bits per heavy atom. The third kappa shape index (κ3) is 2.21. The van der Waals surface area contributed by atoms with E-state index in [9.17, 15) is 4.79 Å². The molecule has 1 saturated carbocycles. The van der Waals surface area contributed by atoms with Crippen molar-refractivity contribution in [3.05, 3.63) is 0 Å². The van der Waals surface area contributed by atoms with Crippen LogP contribution < -0.4 is 5.32 Å². The van der Waals surface area contributed by atoms with Crippen molar-refractivity contribution in [2.45, 2.75) is 37.7 Å². The minimum absolute atomic E-state index is 0.0401. The lowest BCUT2D eigenvalue weighted by Gasteiger charge is -2.46. The van der Waals surface area contributed by atoms with Crippen molar-refractivity contribution in [2.75, 3.05) is 46.0 Å². The van der Waals surface area contributed by atoms with Gasteiger partial charge in [-0.25, -0.2) is 0 Å². The van der Waals surface area contributed by atoms with E-state index in [-0.39, 0.29) is 11.0 Å². The lowest BCUT2D eigenvalue weighted by Crippen LogP contribution is -2.59. The number of nitrogens with zero attached hydrogens (tertiary/aromatic N) is 1. The van der Waals surface area contributed by atoms with E-state index < -0.39 is 0 Å². The summed E-state index contributed by atoms with van der Waals surface area (Å²) in [5, 5.41) is 3.43. The van der Waals surface area contributed by atoms with Crippen molar-refractivity contribution in [1.29, 1.82) is 0 Å². The number of rotatable bonds is 1. The fourth-order valence-corrected chi connectivity index (χ4v) is 4.80. The maximum Gasteiger partial charge on any atom is 0.232 e. The van der Waals surface area contributed by atoms with Gasteiger partial charge in [-0.15, -0.1) is 0 Å². The highest BCUT2D eigenvalue weighted by Gasteiger charge is 2.54. The summed E-state index contributed by atoms with van der Waals surface area (Å²) in [5.41, 5.74) is -0.350. The molecule has 0 aromatic heterocycles. The van der Waals surface area contributed by atoms with Gasteiger partial charge in [0.05, 0.1) is 24.2 Å². The molecule has 0 unspecified atom stereocenters. The zero-order chi connectivity index (χ0) is 14.3. The van der Waals surface area contributed by atoms with Crippen LogP contribution in [-0.4, -0.2) is 62.4 Å². The Labute approximate surface area is 126 Å². The normalized spacial score (nSPS) is 38.7. The first-order valence-corrected chi connectivity index (χ1v) is 8.46. The molecule has 1 aliphatic carbocycles. The van der Waals surface area contributed by atoms with Gasteiger partial charge in [0, 0.05) is 26.2 Å². The minimum atomic E-state index is -0.310. The van der Waals surface area contributed by atoms with Gasteiger partial charge in [0.15, 0.2) is 0 Å². The molecule has 3 saturated heterocycles. The second kappa shape index (κ2) is 5.21. The third-order valence-corrected chi connectivity index (χ3v) is 6.06. The van der Waals surface area contributed by atoms with E-state index in [2.05, 4.69) is 10.2 Å². The van der Waals surface area contributed by atoms with Crippen LogP contribution >= 0.6 is 0 Å². The van der Waals surface area contributed by atoms with Gasteiger partial charge in [0.25, 0.3) is 0 Å². The molecule has 21 heavy (non-hydrogen) atoms. The van der Waals surface area contributed by atoms with E-state index in [1.807, 2.05) is 0 Å². The number of hydrogen-bond donors (Lipinski definition) is 1. The second-order valence-electron chi connectivity index (χ2n) is 7.29. The molecule has 5 nitrogen and oxygen atoms in total. The van der Waals surface area contributed by atoms with Crippen molar-refractivity contribution in [1.82, 2.24) is 10.2 Å². The summed E-state index contributed by atoms with van der Waals surface area (Å²) in [6.45, 7) is 5.36. The van der Waals surface area contributed by atoms with Crippen molar-refractivity contribution >= 4 is 5.91 Å². The van der Waals surface area contributed by atoms with Crippen molar-refractivity contribution < 1.29 is 14.3 Å². The smallest absolute Gasteiger partial charge is 0.232 e. The number of carbonyl (C=O) groups is 1. The third-order valence-electron chi connectivity index (χ3n) is 6.06. The highest BCUT2D eigenvalue weighted by atomic mass is 16.5. The number of amides is 1. The summed E-state index contributed by atoms with van der Waals surface area (Å²) in [6.07, 6.45) is 5.71. The van der Waals surface area contributed by atoms with Crippen LogP contribution in [0.1, 0.15) is 32.1 Å². The van der Waals surface area contributed by atoms with Crippen LogP contribution in [0, 0.1) is 11.3 Å². The van der Waals surface area contributed by atoms with Crippen LogP contribution in [0.5, 0.6) is 0 Å². The molecule has 3 aliphatic heterocycles. The molecule has 5 heteroatoms. The quantitative estimate of drug-likeness (QED) is 0.777. The van der Waals surface area contributed by atoms with Gasteiger partial charge in [0.1, 0.15) is 0 Å². The Hall–Kier alpha value is -0.650. The first kappa shape index (κ1) is 14.0. The van der Waals surface area contributed by atoms with Crippen LogP contribution in [0.25, 0.3) is 0 Å². The largest absolute Gasteiger partial charge is 0.380 e. The van der Waals surface area contributed by atoms with E-state index in [4.69, 9.17) is 9.47 Å². The lowest BCUT2D eigenvalue weighted by molar-refractivity contribution is -0.168. The number of ether oxygens (including phenoxy) is 2. The second-order valence-corrected chi connectivity index (χ2v) is 7.29. The predicted octanol–water partition coefficient (Wildman–Crippen LogP) is 0.784. The van der Waals surface area contributed by atoms with Crippen LogP contribution in [0.2, 0.25) is 0 Å². The molecule has 0 bridgehead atoms. The number of fused-ring (bicyclic) bond motifs is 1. The molecule has 1 spiro atoms. The van der Waals surface area contributed by atoms with Crippen molar-refractivity contribution in [3.63, 3.8) is 0 Å². The molecule has 3 heterocycles. The van der Waals surface area contributed by atoms with Gasteiger partial charge >= 0.3 is 0 Å². The zero-order valence-electron chi connectivity index (χ0n) is 12.7. The summed E-state index contributed by atoms with van der Waals surface area (Å²) in [5.74, 6) is 0.757. The Kier molecular flexibility index (Phi) is 3.47. The van der Waals surface area contributed by atoms with Crippen LogP contribution in [0.15, 0.2) is 0 Å². The molecule has 0 aromatic rings. The van der Waals surface area contributed by atoms with Gasteiger partial charge in [-0.3, -0.25) is 4.79 Å². The fraction of sp³-hybridized carbons (Fsp3) is 0.938. The van der Waals surface area contributed by atoms with E-state index in [0.29, 0.717) is 25.0 Å². The maximum atomic E-state index is 13.2. The molecule has 1 amide bonds. The Morgan fingerprint density at radius 1 is 1.24 bits per heavy atom. The van der Waals surface area contributed by atoms with Crippen LogP contribution in [0.3, 0.4) is 0 Å². The highest BCUT2D eigenvalue weighted by Crippen LogP contribution is 2.42. The SMILES string of the molecule is O=C(N1CCOC2(CCCC2)C1)[C@]12CNC[C@H]1CCOC2. The summed E-state index contributed by atoms with van der Waals surface area (Å²) in [7, 11) is 0. The van der Waals surface area contributed by atoms with Gasteiger partial charge in [-0.1, -0.05) is 12.8 Å². The zero-order valence-corrected chi connectivity index (χ0v) is 12.7. The average Bonchev–Trinajstić information content (AvgIpc) is 3.14. The Bertz CT molecular complexity index is 422. The molecular formula is C16H26N2O3. The van der Waals surface area contributed by atoms with E-state index in [1.54, 1.807) is 0 Å². The molecule has 0 aromatic carbocycles. The Balaban J connectivity index is 1.53. The standard InChI is InChI=1S/C16H26N2O3/c19-14(16-10-17-9-13(16)3-7-20-12-16)18-6-8-21-15(11-18)4-1-2-5-15/h13,17H,1-12H2/t13-,16+/m1/s1. The first-order chi connectivity index (χ1) is 10.2. The van der Waals surface area contributed by atoms with E-state index in [1.165, 1.54) is 12.8 Å². The molecular weight excluding hydrogens is 268 g/mol. The van der Waals surface area contributed by atoms with Crippen molar-refractivity contribution in [3.8, 4) is 0 Å². The average molecular weight is 294 g/mol. The van der Waals surface area contributed by atoms with E-state index >= 15 is 0 Å². The lowest BCUT2D eigenvalue weighted by atomic mass is 9.74. The monoisotopic (exact) mass is 294 g/mol.